The monoisotopic (exact) mass is 244 g/mol. The van der Waals surface area contributed by atoms with Crippen LogP contribution in [0.15, 0.2) is 4.79 Å². The van der Waals surface area contributed by atoms with Gasteiger partial charge in [0.25, 0.3) is 0 Å². The van der Waals surface area contributed by atoms with Gasteiger partial charge in [-0.25, -0.2) is 4.79 Å². The Hall–Kier alpha value is -1.84. The first-order valence-electron chi connectivity index (χ1n) is 6.28. The topological polar surface area (TPSA) is 54.9 Å². The zero-order valence-corrected chi connectivity index (χ0v) is 10.9. The largest absolute Gasteiger partial charge is 0.326 e. The molecule has 1 aliphatic rings. The summed E-state index contributed by atoms with van der Waals surface area (Å²) in [4.78, 5) is 27.1. The Bertz CT molecular complexity index is 735. The molecule has 1 aromatic heterocycles. The van der Waals surface area contributed by atoms with Crippen molar-refractivity contribution in [1.82, 2.24) is 9.55 Å². The van der Waals surface area contributed by atoms with E-state index in [9.17, 15) is 9.59 Å². The van der Waals surface area contributed by atoms with E-state index < -0.39 is 0 Å². The van der Waals surface area contributed by atoms with E-state index in [4.69, 9.17) is 0 Å². The molecule has 1 aliphatic heterocycles. The summed E-state index contributed by atoms with van der Waals surface area (Å²) in [6, 6.07) is 0. The molecule has 4 nitrogen and oxygen atoms in total. The van der Waals surface area contributed by atoms with Gasteiger partial charge >= 0.3 is 5.69 Å². The lowest BCUT2D eigenvalue weighted by Crippen LogP contribution is -2.16. The number of aromatic nitrogens is 2. The third kappa shape index (κ3) is 1.26. The molecular weight excluding hydrogens is 228 g/mol. The van der Waals surface area contributed by atoms with Crippen molar-refractivity contribution in [2.45, 2.75) is 40.2 Å². The van der Waals surface area contributed by atoms with Gasteiger partial charge in [-0.2, -0.15) is 0 Å². The summed E-state index contributed by atoms with van der Waals surface area (Å²) >= 11 is 0. The van der Waals surface area contributed by atoms with E-state index in [1.54, 1.807) is 4.57 Å². The zero-order chi connectivity index (χ0) is 13.0. The second-order valence-corrected chi connectivity index (χ2v) is 5.08. The molecule has 18 heavy (non-hydrogen) atoms. The number of ketones is 1. The molecule has 0 saturated heterocycles. The number of aryl methyl sites for hydroxylation is 2. The Morgan fingerprint density at radius 2 is 1.78 bits per heavy atom. The van der Waals surface area contributed by atoms with Crippen LogP contribution in [0.5, 0.6) is 0 Å². The standard InChI is InChI=1S/C14H16N2O2/c1-7-8(2)11-10(17)5-4-6-16-13(11)12(9(7)3)15-14(16)18/h4-6H2,1-3H3,(H,15,18). The van der Waals surface area contributed by atoms with Crippen LogP contribution in [0.4, 0.5) is 0 Å². The number of nitrogens with one attached hydrogen (secondary N) is 1. The van der Waals surface area contributed by atoms with Crippen molar-refractivity contribution in [3.63, 3.8) is 0 Å². The van der Waals surface area contributed by atoms with E-state index in [0.717, 1.165) is 39.7 Å². The first kappa shape index (κ1) is 11.3. The van der Waals surface area contributed by atoms with Gasteiger partial charge in [-0.05, 0) is 43.9 Å². The molecule has 94 valence electrons. The smallest absolute Gasteiger partial charge is 0.305 e. The Morgan fingerprint density at radius 3 is 2.50 bits per heavy atom. The highest BCUT2D eigenvalue weighted by molar-refractivity contribution is 6.09. The maximum absolute atomic E-state index is 12.3. The molecule has 0 spiro atoms. The molecule has 0 saturated carbocycles. The maximum Gasteiger partial charge on any atom is 0.326 e. The summed E-state index contributed by atoms with van der Waals surface area (Å²) in [5.41, 5.74) is 5.45. The lowest BCUT2D eigenvalue weighted by atomic mass is 9.93. The third-order valence-electron chi connectivity index (χ3n) is 4.16. The number of nitrogens with zero attached hydrogens (tertiary/aromatic N) is 1. The molecule has 0 bridgehead atoms. The number of rotatable bonds is 0. The van der Waals surface area contributed by atoms with Crippen LogP contribution < -0.4 is 5.69 Å². The number of benzene rings is 1. The fourth-order valence-corrected chi connectivity index (χ4v) is 2.91. The number of carbonyl (C=O) groups is 1. The Balaban J connectivity index is 2.62. The van der Waals surface area contributed by atoms with Gasteiger partial charge < -0.3 is 4.98 Å². The van der Waals surface area contributed by atoms with E-state index in [2.05, 4.69) is 4.98 Å². The molecule has 0 atom stereocenters. The van der Waals surface area contributed by atoms with Gasteiger partial charge in [0.15, 0.2) is 5.78 Å². The number of imidazole rings is 1. The molecule has 0 fully saturated rings. The van der Waals surface area contributed by atoms with Crippen molar-refractivity contribution in [2.24, 2.45) is 0 Å². The van der Waals surface area contributed by atoms with E-state index in [1.165, 1.54) is 0 Å². The lowest BCUT2D eigenvalue weighted by molar-refractivity contribution is 0.0982. The quantitative estimate of drug-likeness (QED) is 0.772. The van der Waals surface area contributed by atoms with Crippen LogP contribution in [0.1, 0.15) is 39.9 Å². The van der Waals surface area contributed by atoms with Crippen molar-refractivity contribution in [1.29, 1.82) is 0 Å². The van der Waals surface area contributed by atoms with Crippen LogP contribution in [-0.4, -0.2) is 15.3 Å². The SMILES string of the molecule is Cc1c(C)c2c3c([nH]c(=O)n3CCCC2=O)c1C. The summed E-state index contributed by atoms with van der Waals surface area (Å²) in [5, 5.41) is 0. The van der Waals surface area contributed by atoms with Crippen LogP contribution in [0, 0.1) is 20.8 Å². The van der Waals surface area contributed by atoms with E-state index in [-0.39, 0.29) is 11.5 Å². The second-order valence-electron chi connectivity index (χ2n) is 5.08. The molecule has 2 heterocycles. The van der Waals surface area contributed by atoms with Crippen molar-refractivity contribution >= 4 is 16.8 Å². The van der Waals surface area contributed by atoms with Gasteiger partial charge in [-0.15, -0.1) is 0 Å². The molecule has 0 aliphatic carbocycles. The van der Waals surface area contributed by atoms with Crippen LogP contribution in [0.3, 0.4) is 0 Å². The minimum atomic E-state index is -0.103. The zero-order valence-electron chi connectivity index (χ0n) is 10.9. The average molecular weight is 244 g/mol. The number of hydrogen-bond donors (Lipinski definition) is 1. The number of aromatic amines is 1. The summed E-state index contributed by atoms with van der Waals surface area (Å²) in [6.07, 6.45) is 1.26. The van der Waals surface area contributed by atoms with Crippen molar-refractivity contribution < 1.29 is 4.79 Å². The van der Waals surface area contributed by atoms with Crippen LogP contribution in [0.2, 0.25) is 0 Å². The van der Waals surface area contributed by atoms with Gasteiger partial charge in [0.1, 0.15) is 0 Å². The molecule has 0 radical (unpaired) electrons. The predicted octanol–water partition coefficient (Wildman–Crippen LogP) is 2.23. The number of carbonyl (C=O) groups excluding carboxylic acids is 1. The van der Waals surface area contributed by atoms with Gasteiger partial charge in [-0.3, -0.25) is 9.36 Å². The molecule has 1 N–H and O–H groups in total. The normalized spacial score (nSPS) is 15.2. The van der Waals surface area contributed by atoms with Gasteiger partial charge in [-0.1, -0.05) is 0 Å². The Kier molecular flexibility index (Phi) is 2.24. The van der Waals surface area contributed by atoms with Crippen molar-refractivity contribution in [3.05, 3.63) is 32.7 Å². The number of H-pyrrole nitrogens is 1. The molecule has 4 heteroatoms. The van der Waals surface area contributed by atoms with E-state index >= 15 is 0 Å². The maximum atomic E-state index is 12.3. The van der Waals surface area contributed by atoms with E-state index in [0.29, 0.717) is 13.0 Å². The molecule has 1 aromatic carbocycles. The van der Waals surface area contributed by atoms with Gasteiger partial charge in [0.2, 0.25) is 0 Å². The fraction of sp³-hybridized carbons (Fsp3) is 0.429. The number of hydrogen-bond acceptors (Lipinski definition) is 2. The third-order valence-corrected chi connectivity index (χ3v) is 4.16. The van der Waals surface area contributed by atoms with Crippen LogP contribution in [0.25, 0.3) is 11.0 Å². The minimum absolute atomic E-state index is 0.103. The molecular formula is C14H16N2O2. The van der Waals surface area contributed by atoms with Crippen LogP contribution in [-0.2, 0) is 6.54 Å². The number of Topliss-reactive ketones (excluding diaryl/α,β-unsaturated/α-hetero) is 1. The highest BCUT2D eigenvalue weighted by atomic mass is 16.1. The highest BCUT2D eigenvalue weighted by Gasteiger charge is 2.24. The first-order chi connectivity index (χ1) is 8.52. The summed E-state index contributed by atoms with van der Waals surface area (Å²) in [7, 11) is 0. The van der Waals surface area contributed by atoms with E-state index in [1.807, 2.05) is 20.8 Å². The Labute approximate surface area is 105 Å². The first-order valence-corrected chi connectivity index (χ1v) is 6.28. The van der Waals surface area contributed by atoms with Crippen molar-refractivity contribution in [3.8, 4) is 0 Å². The summed E-state index contributed by atoms with van der Waals surface area (Å²) in [5.74, 6) is 0.158. The minimum Gasteiger partial charge on any atom is -0.305 e. The van der Waals surface area contributed by atoms with Gasteiger partial charge in [0.05, 0.1) is 11.0 Å². The predicted molar refractivity (Wildman–Crippen MR) is 70.3 cm³/mol. The van der Waals surface area contributed by atoms with Crippen molar-refractivity contribution in [2.75, 3.05) is 0 Å². The molecule has 0 unspecified atom stereocenters. The average Bonchev–Trinajstić information content (AvgIpc) is 2.55. The lowest BCUT2D eigenvalue weighted by Gasteiger charge is -2.12. The van der Waals surface area contributed by atoms with Crippen LogP contribution >= 0.6 is 0 Å². The van der Waals surface area contributed by atoms with Gasteiger partial charge in [0, 0.05) is 18.5 Å². The molecule has 0 amide bonds. The fourth-order valence-electron chi connectivity index (χ4n) is 2.91. The molecule has 2 aromatic rings. The second kappa shape index (κ2) is 3.57. The Morgan fingerprint density at radius 1 is 1.06 bits per heavy atom. The highest BCUT2D eigenvalue weighted by Crippen LogP contribution is 2.30. The summed E-state index contributed by atoms with van der Waals surface area (Å²) < 4.78 is 1.72. The molecule has 3 rings (SSSR count). The summed E-state index contributed by atoms with van der Waals surface area (Å²) in [6.45, 7) is 6.60.